The Hall–Kier alpha value is -3.29. The van der Waals surface area contributed by atoms with Crippen molar-refractivity contribution in [2.24, 2.45) is 11.7 Å². The Morgan fingerprint density at radius 1 is 1.21 bits per heavy atom. The molecule has 0 saturated carbocycles. The Labute approximate surface area is 163 Å². The highest BCUT2D eigenvalue weighted by molar-refractivity contribution is 6.39. The van der Waals surface area contributed by atoms with Gasteiger partial charge in [-0.25, -0.2) is 0 Å². The Kier molecular flexibility index (Phi) is 5.67. The molecular weight excluding hydrogens is 358 g/mol. The lowest BCUT2D eigenvalue weighted by Gasteiger charge is -2.38. The van der Waals surface area contributed by atoms with E-state index in [0.29, 0.717) is 12.5 Å². The van der Waals surface area contributed by atoms with Crippen LogP contribution in [0.1, 0.15) is 47.4 Å². The van der Waals surface area contributed by atoms with E-state index in [1.165, 1.54) is 18.5 Å². The molecular formula is C20H23N5O3. The zero-order chi connectivity index (χ0) is 20.3. The normalized spacial score (nSPS) is 19.1. The minimum atomic E-state index is -0.770. The fourth-order valence-electron chi connectivity index (χ4n) is 3.46. The number of primary amides is 1. The molecule has 1 fully saturated rings. The minimum absolute atomic E-state index is 0.155. The Morgan fingerprint density at radius 2 is 2.00 bits per heavy atom. The van der Waals surface area contributed by atoms with E-state index in [1.807, 2.05) is 19.1 Å². The van der Waals surface area contributed by atoms with Gasteiger partial charge in [0, 0.05) is 24.6 Å². The summed E-state index contributed by atoms with van der Waals surface area (Å²) >= 11 is 0. The summed E-state index contributed by atoms with van der Waals surface area (Å²) in [6.45, 7) is 4.46. The van der Waals surface area contributed by atoms with Gasteiger partial charge in [-0.2, -0.15) is 0 Å². The van der Waals surface area contributed by atoms with Crippen LogP contribution in [-0.2, 0) is 9.59 Å². The standard InChI is InChI=1S/C20H23N5O3/c1-12-3-4-17(14-5-6-23-13(2)7-14)25(11-12)20(28)19(27)24-16-8-15(18(21)26)9-22-10-16/h5-10,12,17H,3-4,11H2,1-2H3,(H2,21,26)(H,24,27)/t12-,17+/m0/s1. The number of likely N-dealkylation sites (tertiary alicyclic amines) is 1. The van der Waals surface area contributed by atoms with Crippen molar-refractivity contribution in [3.05, 3.63) is 53.6 Å². The summed E-state index contributed by atoms with van der Waals surface area (Å²) in [6, 6.07) is 5.04. The van der Waals surface area contributed by atoms with Crippen LogP contribution in [-0.4, -0.2) is 39.1 Å². The number of carbonyl (C=O) groups is 3. The molecule has 3 N–H and O–H groups in total. The predicted molar refractivity (Wildman–Crippen MR) is 103 cm³/mol. The Balaban J connectivity index is 1.80. The van der Waals surface area contributed by atoms with E-state index < -0.39 is 17.7 Å². The summed E-state index contributed by atoms with van der Waals surface area (Å²) in [5, 5.41) is 2.52. The molecule has 0 radical (unpaired) electrons. The number of nitrogens with one attached hydrogen (secondary N) is 1. The van der Waals surface area contributed by atoms with E-state index in [1.54, 1.807) is 11.1 Å². The summed E-state index contributed by atoms with van der Waals surface area (Å²) in [4.78, 5) is 46.5. The summed E-state index contributed by atoms with van der Waals surface area (Å²) < 4.78 is 0. The highest BCUT2D eigenvalue weighted by Gasteiger charge is 2.34. The highest BCUT2D eigenvalue weighted by atomic mass is 16.2. The molecule has 0 bridgehead atoms. The van der Waals surface area contributed by atoms with Crippen molar-refractivity contribution in [1.29, 1.82) is 0 Å². The third-order valence-electron chi connectivity index (χ3n) is 4.86. The number of nitrogens with zero attached hydrogens (tertiary/aromatic N) is 3. The van der Waals surface area contributed by atoms with Gasteiger partial charge in [0.2, 0.25) is 5.91 Å². The lowest BCUT2D eigenvalue weighted by atomic mass is 9.90. The zero-order valence-electron chi connectivity index (χ0n) is 15.9. The number of rotatable bonds is 3. The molecule has 3 heterocycles. The number of aromatic nitrogens is 2. The topological polar surface area (TPSA) is 118 Å². The number of hydrogen-bond donors (Lipinski definition) is 2. The van der Waals surface area contributed by atoms with Crippen molar-refractivity contribution in [2.75, 3.05) is 11.9 Å². The summed E-state index contributed by atoms with van der Waals surface area (Å²) in [6.07, 6.45) is 6.13. The molecule has 1 aliphatic heterocycles. The maximum Gasteiger partial charge on any atom is 0.313 e. The molecule has 8 heteroatoms. The second-order valence-corrected chi connectivity index (χ2v) is 7.17. The van der Waals surface area contributed by atoms with Crippen LogP contribution in [0.2, 0.25) is 0 Å². The maximum atomic E-state index is 12.9. The minimum Gasteiger partial charge on any atom is -0.366 e. The molecule has 0 spiro atoms. The zero-order valence-corrected chi connectivity index (χ0v) is 15.9. The first-order valence-corrected chi connectivity index (χ1v) is 9.14. The van der Waals surface area contributed by atoms with E-state index >= 15 is 0 Å². The molecule has 3 rings (SSSR count). The second-order valence-electron chi connectivity index (χ2n) is 7.17. The molecule has 2 aromatic heterocycles. The number of amides is 3. The van der Waals surface area contributed by atoms with Crippen molar-refractivity contribution in [3.63, 3.8) is 0 Å². The first-order valence-electron chi connectivity index (χ1n) is 9.14. The van der Waals surface area contributed by atoms with E-state index in [4.69, 9.17) is 5.73 Å². The number of carbonyl (C=O) groups excluding carboxylic acids is 3. The molecule has 1 aliphatic rings. The van der Waals surface area contributed by atoms with Gasteiger partial charge < -0.3 is 16.0 Å². The molecule has 28 heavy (non-hydrogen) atoms. The fourth-order valence-corrected chi connectivity index (χ4v) is 3.46. The largest absolute Gasteiger partial charge is 0.366 e. The van der Waals surface area contributed by atoms with Crippen molar-refractivity contribution in [3.8, 4) is 0 Å². The highest BCUT2D eigenvalue weighted by Crippen LogP contribution is 2.33. The van der Waals surface area contributed by atoms with Crippen LogP contribution in [0, 0.1) is 12.8 Å². The lowest BCUT2D eigenvalue weighted by molar-refractivity contribution is -0.146. The number of nitrogens with two attached hydrogens (primary N) is 1. The summed E-state index contributed by atoms with van der Waals surface area (Å²) in [5.74, 6) is -1.74. The molecule has 2 aromatic rings. The monoisotopic (exact) mass is 381 g/mol. The van der Waals surface area contributed by atoms with Gasteiger partial charge in [0.05, 0.1) is 23.5 Å². The van der Waals surface area contributed by atoms with Gasteiger partial charge >= 0.3 is 11.8 Å². The molecule has 0 aromatic carbocycles. The summed E-state index contributed by atoms with van der Waals surface area (Å²) in [5.41, 5.74) is 7.46. The van der Waals surface area contributed by atoms with E-state index in [2.05, 4.69) is 22.2 Å². The van der Waals surface area contributed by atoms with Gasteiger partial charge in [-0.05, 0) is 49.4 Å². The van der Waals surface area contributed by atoms with Gasteiger partial charge in [-0.1, -0.05) is 6.92 Å². The Bertz CT molecular complexity index is 914. The van der Waals surface area contributed by atoms with Crippen LogP contribution in [0.15, 0.2) is 36.8 Å². The quantitative estimate of drug-likeness (QED) is 0.786. The molecule has 8 nitrogen and oxygen atoms in total. The average Bonchev–Trinajstić information content (AvgIpc) is 2.67. The van der Waals surface area contributed by atoms with E-state index in [-0.39, 0.29) is 17.3 Å². The maximum absolute atomic E-state index is 12.9. The number of pyridine rings is 2. The van der Waals surface area contributed by atoms with Gasteiger partial charge in [0.1, 0.15) is 0 Å². The van der Waals surface area contributed by atoms with Crippen LogP contribution >= 0.6 is 0 Å². The molecule has 146 valence electrons. The number of aryl methyl sites for hydroxylation is 1. The molecule has 2 atom stereocenters. The molecule has 0 aliphatic carbocycles. The van der Waals surface area contributed by atoms with Gasteiger partial charge in [-0.3, -0.25) is 24.4 Å². The van der Waals surface area contributed by atoms with Gasteiger partial charge in [0.25, 0.3) is 0 Å². The number of hydrogen-bond acceptors (Lipinski definition) is 5. The van der Waals surface area contributed by atoms with Crippen molar-refractivity contribution < 1.29 is 14.4 Å². The van der Waals surface area contributed by atoms with Gasteiger partial charge in [0.15, 0.2) is 0 Å². The second kappa shape index (κ2) is 8.16. The molecule has 0 unspecified atom stereocenters. The number of anilines is 1. The first-order chi connectivity index (χ1) is 13.3. The van der Waals surface area contributed by atoms with Crippen LogP contribution in [0.3, 0.4) is 0 Å². The van der Waals surface area contributed by atoms with Crippen LogP contribution < -0.4 is 11.1 Å². The van der Waals surface area contributed by atoms with Gasteiger partial charge in [-0.15, -0.1) is 0 Å². The first kappa shape index (κ1) is 19.5. The smallest absolute Gasteiger partial charge is 0.313 e. The third-order valence-corrected chi connectivity index (χ3v) is 4.86. The van der Waals surface area contributed by atoms with E-state index in [0.717, 1.165) is 24.1 Å². The van der Waals surface area contributed by atoms with Crippen molar-refractivity contribution in [2.45, 2.75) is 32.7 Å². The summed E-state index contributed by atoms with van der Waals surface area (Å²) in [7, 11) is 0. The predicted octanol–water partition coefficient (Wildman–Crippen LogP) is 1.82. The Morgan fingerprint density at radius 3 is 2.71 bits per heavy atom. The third kappa shape index (κ3) is 4.33. The average molecular weight is 381 g/mol. The van der Waals surface area contributed by atoms with E-state index in [9.17, 15) is 14.4 Å². The SMILES string of the molecule is Cc1cc([C@H]2CC[C@H](C)CN2C(=O)C(=O)Nc2cncc(C(N)=O)c2)ccn1. The number of piperidine rings is 1. The van der Waals surface area contributed by atoms with Crippen LogP contribution in [0.5, 0.6) is 0 Å². The van der Waals surface area contributed by atoms with Crippen LogP contribution in [0.4, 0.5) is 5.69 Å². The lowest BCUT2D eigenvalue weighted by Crippen LogP contribution is -2.46. The fraction of sp³-hybridized carbons (Fsp3) is 0.350. The molecule has 3 amide bonds. The van der Waals surface area contributed by atoms with Crippen LogP contribution in [0.25, 0.3) is 0 Å². The van der Waals surface area contributed by atoms with Crippen molar-refractivity contribution >= 4 is 23.4 Å². The van der Waals surface area contributed by atoms with Crippen molar-refractivity contribution in [1.82, 2.24) is 14.9 Å². The molecule has 1 saturated heterocycles.